The molecule has 32 heavy (non-hydrogen) atoms. The normalized spacial score (nSPS) is 15.6. The fourth-order valence-electron chi connectivity index (χ4n) is 3.92. The van der Waals surface area contributed by atoms with Gasteiger partial charge in [0.25, 0.3) is 0 Å². The van der Waals surface area contributed by atoms with Crippen molar-refractivity contribution in [2.45, 2.75) is 52.2 Å². The number of guanidine groups is 1. The van der Waals surface area contributed by atoms with Crippen LogP contribution in [0.3, 0.4) is 0 Å². The van der Waals surface area contributed by atoms with E-state index in [1.165, 1.54) is 11.1 Å². The van der Waals surface area contributed by atoms with Crippen molar-refractivity contribution in [2.75, 3.05) is 40.3 Å². The summed E-state index contributed by atoms with van der Waals surface area (Å²) in [6.07, 6.45) is 2.15. The summed E-state index contributed by atoms with van der Waals surface area (Å²) in [7, 11) is 3.98. The van der Waals surface area contributed by atoms with Crippen LogP contribution in [0.15, 0.2) is 39.8 Å². The molecule has 0 saturated carbocycles. The fourth-order valence-corrected chi connectivity index (χ4v) is 3.92. The average molecular weight is 555 g/mol. The van der Waals surface area contributed by atoms with E-state index in [1.54, 1.807) is 7.05 Å². The first-order valence-electron chi connectivity index (χ1n) is 11.5. The van der Waals surface area contributed by atoms with Crippen molar-refractivity contribution in [1.29, 1.82) is 0 Å². The molecular formula is C24H39IN6O. The Morgan fingerprint density at radius 2 is 1.66 bits per heavy atom. The molecule has 0 aliphatic carbocycles. The molecule has 0 radical (unpaired) electrons. The molecule has 0 amide bonds. The molecule has 0 spiro atoms. The predicted molar refractivity (Wildman–Crippen MR) is 141 cm³/mol. The van der Waals surface area contributed by atoms with Gasteiger partial charge in [-0.2, -0.15) is 0 Å². The third-order valence-electron chi connectivity index (χ3n) is 6.12. The molecule has 178 valence electrons. The van der Waals surface area contributed by atoms with Crippen molar-refractivity contribution >= 4 is 29.9 Å². The van der Waals surface area contributed by atoms with E-state index in [-0.39, 0.29) is 24.0 Å². The van der Waals surface area contributed by atoms with Crippen LogP contribution in [0.25, 0.3) is 0 Å². The number of piperazine rings is 1. The quantitative estimate of drug-likeness (QED) is 0.279. The number of nitrogens with zero attached hydrogens (tertiary/aromatic N) is 4. The second-order valence-corrected chi connectivity index (χ2v) is 8.41. The van der Waals surface area contributed by atoms with Crippen molar-refractivity contribution in [3.63, 3.8) is 0 Å². The third kappa shape index (κ3) is 8.04. The molecule has 2 heterocycles. The van der Waals surface area contributed by atoms with Crippen LogP contribution in [-0.4, -0.2) is 61.2 Å². The van der Waals surface area contributed by atoms with Crippen molar-refractivity contribution in [1.82, 2.24) is 25.6 Å². The number of likely N-dealkylation sites (N-methyl/N-ethyl adjacent to an activating group) is 1. The van der Waals surface area contributed by atoms with Crippen molar-refractivity contribution in [2.24, 2.45) is 4.99 Å². The molecule has 1 aromatic carbocycles. The lowest BCUT2D eigenvalue weighted by molar-refractivity contribution is 0.148. The Balaban J connectivity index is 0.00000363. The minimum absolute atomic E-state index is 0. The zero-order valence-electron chi connectivity index (χ0n) is 19.9. The second-order valence-electron chi connectivity index (χ2n) is 8.41. The van der Waals surface area contributed by atoms with Gasteiger partial charge in [-0.05, 0) is 31.0 Å². The van der Waals surface area contributed by atoms with Crippen molar-refractivity contribution in [3.05, 3.63) is 52.9 Å². The van der Waals surface area contributed by atoms with Crippen LogP contribution in [0.5, 0.6) is 0 Å². The standard InChI is InChI=1S/C24H38N6O.HI/c1-5-21(6-2)23-15-22(31-28-23)17-27-24(25-3)26-16-19-7-9-20(10-8-19)18-30-13-11-29(4)12-14-30;/h7-10,15,21H,5-6,11-14,16-18H2,1-4H3,(H2,25,26,27);1H. The van der Waals surface area contributed by atoms with E-state index in [1.807, 2.05) is 0 Å². The third-order valence-corrected chi connectivity index (χ3v) is 6.12. The molecule has 0 atom stereocenters. The molecule has 8 heteroatoms. The first kappa shape index (κ1) is 26.6. The summed E-state index contributed by atoms with van der Waals surface area (Å²) in [5.41, 5.74) is 3.65. The number of nitrogens with one attached hydrogen (secondary N) is 2. The van der Waals surface area contributed by atoms with Crippen LogP contribution >= 0.6 is 24.0 Å². The van der Waals surface area contributed by atoms with Gasteiger partial charge in [-0.15, -0.1) is 24.0 Å². The van der Waals surface area contributed by atoms with E-state index >= 15 is 0 Å². The number of halogens is 1. The second kappa shape index (κ2) is 13.8. The molecule has 1 fully saturated rings. The Morgan fingerprint density at radius 1 is 1.03 bits per heavy atom. The summed E-state index contributed by atoms with van der Waals surface area (Å²) in [5.74, 6) is 2.05. The summed E-state index contributed by atoms with van der Waals surface area (Å²) >= 11 is 0. The number of hydrogen-bond donors (Lipinski definition) is 2. The Labute approximate surface area is 210 Å². The van der Waals surface area contributed by atoms with E-state index < -0.39 is 0 Å². The summed E-state index contributed by atoms with van der Waals surface area (Å²) in [6, 6.07) is 10.9. The molecule has 1 aromatic heterocycles. The lowest BCUT2D eigenvalue weighted by Crippen LogP contribution is -2.43. The summed E-state index contributed by atoms with van der Waals surface area (Å²) in [5, 5.41) is 10.9. The highest BCUT2D eigenvalue weighted by atomic mass is 127. The highest BCUT2D eigenvalue weighted by molar-refractivity contribution is 14.0. The first-order chi connectivity index (χ1) is 15.1. The number of benzene rings is 1. The summed E-state index contributed by atoms with van der Waals surface area (Å²) in [4.78, 5) is 9.23. The lowest BCUT2D eigenvalue weighted by atomic mass is 9.99. The molecule has 7 nitrogen and oxygen atoms in total. The molecule has 1 aliphatic rings. The Kier molecular flexibility index (Phi) is 11.5. The first-order valence-corrected chi connectivity index (χ1v) is 11.5. The maximum atomic E-state index is 5.49. The average Bonchev–Trinajstić information content (AvgIpc) is 3.26. The van der Waals surface area contributed by atoms with Gasteiger partial charge in [0.1, 0.15) is 0 Å². The zero-order chi connectivity index (χ0) is 22.1. The summed E-state index contributed by atoms with van der Waals surface area (Å²) in [6.45, 7) is 11.3. The molecule has 2 aromatic rings. The fraction of sp³-hybridized carbons (Fsp3) is 0.583. The van der Waals surface area contributed by atoms with E-state index in [0.29, 0.717) is 12.5 Å². The molecule has 3 rings (SSSR count). The minimum Gasteiger partial charge on any atom is -0.359 e. The number of aromatic nitrogens is 1. The van der Waals surface area contributed by atoms with Gasteiger partial charge in [0, 0.05) is 58.3 Å². The molecule has 0 bridgehead atoms. The molecule has 0 unspecified atom stereocenters. The van der Waals surface area contributed by atoms with Gasteiger partial charge in [-0.1, -0.05) is 43.3 Å². The van der Waals surface area contributed by atoms with Gasteiger partial charge in [0.2, 0.25) is 0 Å². The molecular weight excluding hydrogens is 515 g/mol. The Bertz CT molecular complexity index is 810. The topological polar surface area (TPSA) is 68.9 Å². The Hall–Kier alpha value is -1.65. The van der Waals surface area contributed by atoms with E-state index in [9.17, 15) is 0 Å². The zero-order valence-corrected chi connectivity index (χ0v) is 22.3. The highest BCUT2D eigenvalue weighted by Crippen LogP contribution is 2.22. The summed E-state index contributed by atoms with van der Waals surface area (Å²) < 4.78 is 5.49. The number of hydrogen-bond acceptors (Lipinski definition) is 5. The van der Waals surface area contributed by atoms with E-state index in [4.69, 9.17) is 4.52 Å². The maximum absolute atomic E-state index is 5.49. The van der Waals surface area contributed by atoms with Crippen molar-refractivity contribution in [3.8, 4) is 0 Å². The number of aliphatic imine (C=N–C) groups is 1. The smallest absolute Gasteiger partial charge is 0.191 e. The monoisotopic (exact) mass is 554 g/mol. The maximum Gasteiger partial charge on any atom is 0.191 e. The van der Waals surface area contributed by atoms with Gasteiger partial charge in [-0.25, -0.2) is 0 Å². The number of rotatable bonds is 9. The lowest BCUT2D eigenvalue weighted by Gasteiger charge is -2.32. The Morgan fingerprint density at radius 3 is 2.28 bits per heavy atom. The molecule has 2 N–H and O–H groups in total. The highest BCUT2D eigenvalue weighted by Gasteiger charge is 2.14. The largest absolute Gasteiger partial charge is 0.359 e. The van der Waals surface area contributed by atoms with Gasteiger partial charge >= 0.3 is 0 Å². The van der Waals surface area contributed by atoms with Gasteiger partial charge < -0.3 is 20.1 Å². The van der Waals surface area contributed by atoms with Crippen LogP contribution in [0.4, 0.5) is 0 Å². The van der Waals surface area contributed by atoms with Crippen LogP contribution in [0, 0.1) is 0 Å². The van der Waals surface area contributed by atoms with Crippen LogP contribution in [0.2, 0.25) is 0 Å². The van der Waals surface area contributed by atoms with Crippen molar-refractivity contribution < 1.29 is 4.52 Å². The van der Waals surface area contributed by atoms with E-state index in [0.717, 1.165) is 69.5 Å². The van der Waals surface area contributed by atoms with Gasteiger partial charge in [-0.3, -0.25) is 9.89 Å². The van der Waals surface area contributed by atoms with Gasteiger partial charge in [0.15, 0.2) is 11.7 Å². The predicted octanol–water partition coefficient (Wildman–Crippen LogP) is 3.81. The van der Waals surface area contributed by atoms with Crippen LogP contribution in [0.1, 0.15) is 55.2 Å². The minimum atomic E-state index is 0. The molecule has 1 saturated heterocycles. The SMILES string of the molecule is CCC(CC)c1cc(CNC(=NC)NCc2ccc(CN3CCN(C)CC3)cc2)on1.I. The van der Waals surface area contributed by atoms with Crippen LogP contribution < -0.4 is 10.6 Å². The molecule has 1 aliphatic heterocycles. The van der Waals surface area contributed by atoms with E-state index in [2.05, 4.69) is 81.8 Å². The van der Waals surface area contributed by atoms with Crippen LogP contribution in [-0.2, 0) is 19.6 Å². The van der Waals surface area contributed by atoms with Gasteiger partial charge in [0.05, 0.1) is 12.2 Å².